The van der Waals surface area contributed by atoms with Gasteiger partial charge in [0.15, 0.2) is 0 Å². The second kappa shape index (κ2) is 6.42. The summed E-state index contributed by atoms with van der Waals surface area (Å²) in [7, 11) is -3.91. The lowest BCUT2D eigenvalue weighted by atomic mass is 10.4. The average Bonchev–Trinajstić information content (AvgIpc) is 2.22. The summed E-state index contributed by atoms with van der Waals surface area (Å²) >= 11 is 15.1. The molecule has 0 atom stereocenters. The summed E-state index contributed by atoms with van der Waals surface area (Å²) in [5, 5.41) is 8.78. The molecule has 1 aromatic carbocycles. The third-order valence-corrected chi connectivity index (χ3v) is 5.73. The van der Waals surface area contributed by atoms with Gasteiger partial charge in [0.25, 0.3) is 0 Å². The van der Waals surface area contributed by atoms with Gasteiger partial charge in [-0.2, -0.15) is 9.57 Å². The third kappa shape index (κ3) is 3.61. The van der Waals surface area contributed by atoms with Crippen LogP contribution in [0.25, 0.3) is 0 Å². The number of hydrogen-bond donors (Lipinski definition) is 0. The largest absolute Gasteiger partial charge is 0.247 e. The predicted octanol–water partition coefficient (Wildman–Crippen LogP) is 3.68. The van der Waals surface area contributed by atoms with E-state index in [1.54, 1.807) is 13.8 Å². The molecule has 0 bridgehead atoms. The van der Waals surface area contributed by atoms with E-state index in [9.17, 15) is 8.42 Å². The Hall–Kier alpha value is -0.320. The van der Waals surface area contributed by atoms with Crippen molar-refractivity contribution >= 4 is 49.2 Å². The maximum absolute atomic E-state index is 12.5. The molecule has 4 nitrogen and oxygen atoms in total. The van der Waals surface area contributed by atoms with Gasteiger partial charge in [0.2, 0.25) is 10.0 Å². The number of benzene rings is 1. The second-order valence-electron chi connectivity index (χ2n) is 4.00. The lowest BCUT2D eigenvalue weighted by molar-refractivity contribution is 0.385. The maximum Gasteiger partial charge on any atom is 0.247 e. The number of halogens is 3. The summed E-state index contributed by atoms with van der Waals surface area (Å²) < 4.78 is 26.6. The van der Waals surface area contributed by atoms with Crippen molar-refractivity contribution in [3.8, 4) is 6.07 Å². The first-order valence-corrected chi connectivity index (χ1v) is 8.24. The molecule has 0 N–H and O–H groups in total. The van der Waals surface area contributed by atoms with Crippen LogP contribution in [0.15, 0.2) is 21.5 Å². The van der Waals surface area contributed by atoms with Gasteiger partial charge in [-0.1, -0.05) is 39.1 Å². The van der Waals surface area contributed by atoms with Gasteiger partial charge in [-0.25, -0.2) is 8.42 Å². The molecule has 0 aromatic heterocycles. The van der Waals surface area contributed by atoms with Crippen LogP contribution in [-0.2, 0) is 10.0 Å². The summed E-state index contributed by atoms with van der Waals surface area (Å²) in [5.74, 6) is 0. The van der Waals surface area contributed by atoms with Gasteiger partial charge in [0, 0.05) is 10.5 Å². The number of nitriles is 1. The summed E-state index contributed by atoms with van der Waals surface area (Å²) in [4.78, 5) is -0.178. The van der Waals surface area contributed by atoms with Crippen LogP contribution in [0.2, 0.25) is 10.0 Å². The van der Waals surface area contributed by atoms with Crippen molar-refractivity contribution in [1.82, 2.24) is 4.31 Å². The van der Waals surface area contributed by atoms with E-state index in [1.165, 1.54) is 12.1 Å². The highest BCUT2D eigenvalue weighted by atomic mass is 79.9. The van der Waals surface area contributed by atoms with Gasteiger partial charge in [-0.15, -0.1) is 0 Å². The molecule has 0 heterocycles. The second-order valence-corrected chi connectivity index (χ2v) is 7.56. The highest BCUT2D eigenvalue weighted by Crippen LogP contribution is 2.35. The van der Waals surface area contributed by atoms with Crippen molar-refractivity contribution in [2.75, 3.05) is 6.54 Å². The third-order valence-electron chi connectivity index (χ3n) is 2.33. The minimum absolute atomic E-state index is 0.0166. The first-order valence-electron chi connectivity index (χ1n) is 5.25. The van der Waals surface area contributed by atoms with E-state index in [1.807, 2.05) is 6.07 Å². The molecule has 0 radical (unpaired) electrons. The Morgan fingerprint density at radius 3 is 2.21 bits per heavy atom. The fraction of sp³-hybridized carbons (Fsp3) is 0.364. The number of rotatable bonds is 4. The molecule has 19 heavy (non-hydrogen) atoms. The molecule has 0 fully saturated rings. The van der Waals surface area contributed by atoms with Gasteiger partial charge in [-0.3, -0.25) is 0 Å². The molecular formula is C11H11BrCl2N2O2S. The fourth-order valence-electron chi connectivity index (χ4n) is 1.51. The van der Waals surface area contributed by atoms with Crippen LogP contribution in [0.1, 0.15) is 13.8 Å². The van der Waals surface area contributed by atoms with Crippen LogP contribution in [0.4, 0.5) is 0 Å². The van der Waals surface area contributed by atoms with Crippen LogP contribution >= 0.6 is 39.1 Å². The molecule has 0 unspecified atom stereocenters. The minimum atomic E-state index is -3.91. The Morgan fingerprint density at radius 1 is 1.37 bits per heavy atom. The predicted molar refractivity (Wildman–Crippen MR) is 78.8 cm³/mol. The van der Waals surface area contributed by atoms with Crippen molar-refractivity contribution in [1.29, 1.82) is 5.26 Å². The summed E-state index contributed by atoms with van der Waals surface area (Å²) in [6, 6.07) is 4.35. The quantitative estimate of drug-likeness (QED) is 0.742. The zero-order valence-corrected chi connectivity index (χ0v) is 14.1. The first-order chi connectivity index (χ1) is 8.71. The normalized spacial score (nSPS) is 11.9. The van der Waals surface area contributed by atoms with Crippen LogP contribution in [0.5, 0.6) is 0 Å². The topological polar surface area (TPSA) is 61.2 Å². The van der Waals surface area contributed by atoms with Gasteiger partial charge in [-0.05, 0) is 26.0 Å². The SMILES string of the molecule is CC(C)N(CC#N)S(=O)(=O)c1c(Cl)cc(Br)cc1Cl. The molecule has 0 saturated heterocycles. The van der Waals surface area contributed by atoms with E-state index in [0.717, 1.165) is 4.31 Å². The average molecular weight is 386 g/mol. The molecule has 1 aromatic rings. The Balaban J connectivity index is 3.47. The summed E-state index contributed by atoms with van der Waals surface area (Å²) in [6.45, 7) is 3.09. The lowest BCUT2D eigenvalue weighted by Crippen LogP contribution is -2.37. The van der Waals surface area contributed by atoms with Gasteiger partial charge >= 0.3 is 0 Å². The highest BCUT2D eigenvalue weighted by molar-refractivity contribution is 9.10. The Labute approximate surface area is 131 Å². The minimum Gasteiger partial charge on any atom is -0.207 e. The standard InChI is InChI=1S/C11H11BrCl2N2O2S/c1-7(2)16(4-3-15)19(17,18)11-9(13)5-8(12)6-10(11)14/h5-7H,4H2,1-2H3. The summed E-state index contributed by atoms with van der Waals surface area (Å²) in [6.07, 6.45) is 0. The van der Waals surface area contributed by atoms with E-state index in [4.69, 9.17) is 28.5 Å². The molecule has 8 heteroatoms. The van der Waals surface area contributed by atoms with Gasteiger partial charge in [0.05, 0.1) is 16.1 Å². The van der Waals surface area contributed by atoms with E-state index in [2.05, 4.69) is 15.9 Å². The molecule has 0 aliphatic heterocycles. The van der Waals surface area contributed by atoms with Crippen LogP contribution in [0.3, 0.4) is 0 Å². The van der Waals surface area contributed by atoms with Gasteiger partial charge < -0.3 is 0 Å². The molecule has 0 aliphatic rings. The smallest absolute Gasteiger partial charge is 0.207 e. The van der Waals surface area contributed by atoms with Crippen molar-refractivity contribution in [3.63, 3.8) is 0 Å². The number of nitrogens with zero attached hydrogens (tertiary/aromatic N) is 2. The zero-order valence-electron chi connectivity index (χ0n) is 10.2. The van der Waals surface area contributed by atoms with E-state index in [0.29, 0.717) is 4.47 Å². The van der Waals surface area contributed by atoms with Crippen molar-refractivity contribution in [2.45, 2.75) is 24.8 Å². The Kier molecular flexibility index (Phi) is 5.65. The summed E-state index contributed by atoms with van der Waals surface area (Å²) in [5.41, 5.74) is 0. The van der Waals surface area contributed by atoms with Crippen molar-refractivity contribution in [3.05, 3.63) is 26.7 Å². The van der Waals surface area contributed by atoms with Crippen LogP contribution in [-0.4, -0.2) is 25.3 Å². The Morgan fingerprint density at radius 2 is 1.84 bits per heavy atom. The first kappa shape index (κ1) is 16.7. The molecule has 0 aliphatic carbocycles. The Bertz CT molecular complexity index is 603. The lowest BCUT2D eigenvalue weighted by Gasteiger charge is -2.24. The molecule has 0 saturated carbocycles. The number of sulfonamides is 1. The molecule has 104 valence electrons. The zero-order chi connectivity index (χ0) is 14.8. The molecule has 1 rings (SSSR count). The number of hydrogen-bond acceptors (Lipinski definition) is 3. The van der Waals surface area contributed by atoms with E-state index in [-0.39, 0.29) is 27.5 Å². The van der Waals surface area contributed by atoms with Crippen molar-refractivity contribution in [2.24, 2.45) is 0 Å². The monoisotopic (exact) mass is 384 g/mol. The highest BCUT2D eigenvalue weighted by Gasteiger charge is 2.31. The molecule has 0 spiro atoms. The molecular weight excluding hydrogens is 375 g/mol. The fourth-order valence-corrected chi connectivity index (χ4v) is 4.93. The molecule has 0 amide bonds. The van der Waals surface area contributed by atoms with Crippen LogP contribution in [0, 0.1) is 11.3 Å². The van der Waals surface area contributed by atoms with E-state index < -0.39 is 10.0 Å². The van der Waals surface area contributed by atoms with E-state index >= 15 is 0 Å². The van der Waals surface area contributed by atoms with Crippen LogP contribution < -0.4 is 0 Å². The van der Waals surface area contributed by atoms with Crippen molar-refractivity contribution < 1.29 is 8.42 Å². The maximum atomic E-state index is 12.5. The van der Waals surface area contributed by atoms with Gasteiger partial charge in [0.1, 0.15) is 11.4 Å².